The molecule has 0 saturated heterocycles. The molecule has 480 valence electrons. The lowest BCUT2D eigenvalue weighted by Gasteiger charge is -2.30. The van der Waals surface area contributed by atoms with Gasteiger partial charge in [-0.3, -0.25) is 28.8 Å². The van der Waals surface area contributed by atoms with Crippen molar-refractivity contribution >= 4 is 34.7 Å². The fourth-order valence-corrected chi connectivity index (χ4v) is 7.22. The molecule has 0 rings (SSSR count). The molecular weight excluding hydrogens is 1090 g/mol. The number of nitrogens with two attached hydrogens (primary N) is 6. The molecule has 0 aromatic carbocycles. The Kier molecular flexibility index (Phi) is 44.3. The molecule has 0 radical (unpaired) electrons. The third-order valence-electron chi connectivity index (χ3n) is 13.3. The van der Waals surface area contributed by atoms with E-state index in [0.29, 0.717) is 44.9 Å². The summed E-state index contributed by atoms with van der Waals surface area (Å²) in [7, 11) is 0. The molecular formula is C55H103F13N6O6. The van der Waals surface area contributed by atoms with Crippen LogP contribution in [-0.2, 0) is 28.8 Å². The third-order valence-corrected chi connectivity index (χ3v) is 13.3. The predicted octanol–water partition coefficient (Wildman–Crippen LogP) is 12.5. The lowest BCUT2D eigenvalue weighted by atomic mass is 9.79. The van der Waals surface area contributed by atoms with Crippen LogP contribution in [0.4, 0.5) is 57.1 Å². The molecule has 0 bridgehead atoms. The number of rotatable bonds is 30. The van der Waals surface area contributed by atoms with E-state index in [9.17, 15) is 85.8 Å². The molecule has 0 unspecified atom stereocenters. The van der Waals surface area contributed by atoms with E-state index in [0.717, 1.165) is 13.8 Å². The molecule has 0 heterocycles. The number of hydrogen-bond acceptors (Lipinski definition) is 12. The Hall–Kier alpha value is -3.13. The topological polar surface area (TPSA) is 259 Å². The van der Waals surface area contributed by atoms with Gasteiger partial charge < -0.3 is 34.4 Å². The second kappa shape index (κ2) is 40.2. The highest BCUT2D eigenvalue weighted by molar-refractivity contribution is 5.83. The maximum absolute atomic E-state index is 12.7. The number of halogens is 13. The van der Waals surface area contributed by atoms with E-state index in [1.807, 2.05) is 27.7 Å². The number of carbonyl (C=O) groups excluding carboxylic acids is 6. The van der Waals surface area contributed by atoms with E-state index >= 15 is 0 Å². The summed E-state index contributed by atoms with van der Waals surface area (Å²) in [6, 6.07) is -4.47. The first-order valence-corrected chi connectivity index (χ1v) is 26.5. The van der Waals surface area contributed by atoms with E-state index in [-0.39, 0.29) is 72.9 Å². The summed E-state index contributed by atoms with van der Waals surface area (Å²) in [5.74, 6) is -1.36. The Labute approximate surface area is 469 Å². The zero-order valence-corrected chi connectivity index (χ0v) is 50.9. The van der Waals surface area contributed by atoms with Crippen molar-refractivity contribution in [1.29, 1.82) is 0 Å². The minimum absolute atomic E-state index is 0.0278. The van der Waals surface area contributed by atoms with E-state index in [4.69, 9.17) is 34.4 Å². The Balaban J connectivity index is -0.000000206. The maximum Gasteiger partial charge on any atom is 0.394 e. The van der Waals surface area contributed by atoms with Crippen molar-refractivity contribution in [2.75, 3.05) is 0 Å². The second-order valence-corrected chi connectivity index (χ2v) is 24.5. The number of hydrogen-bond donors (Lipinski definition) is 6. The third kappa shape index (κ3) is 43.5. The number of ketones is 6. The second-order valence-electron chi connectivity index (χ2n) is 24.5. The van der Waals surface area contributed by atoms with E-state index in [1.165, 1.54) is 69.2 Å². The Morgan fingerprint density at radius 3 is 0.838 bits per heavy atom. The van der Waals surface area contributed by atoms with E-state index < -0.39 is 107 Å². The zero-order chi connectivity index (χ0) is 65.5. The van der Waals surface area contributed by atoms with E-state index in [2.05, 4.69) is 0 Å². The summed E-state index contributed by atoms with van der Waals surface area (Å²) in [6.45, 7) is 26.6. The van der Waals surface area contributed by atoms with Crippen molar-refractivity contribution in [2.45, 2.75) is 283 Å². The molecule has 80 heavy (non-hydrogen) atoms. The van der Waals surface area contributed by atoms with Crippen molar-refractivity contribution in [3.8, 4) is 0 Å². The summed E-state index contributed by atoms with van der Waals surface area (Å²) in [4.78, 5) is 64.8. The summed E-state index contributed by atoms with van der Waals surface area (Å²) >= 11 is 0. The summed E-state index contributed by atoms with van der Waals surface area (Å²) in [6.07, 6.45) is -13.5. The quantitative estimate of drug-likeness (QED) is 0.0367. The Bertz CT molecular complexity index is 1730. The van der Waals surface area contributed by atoms with Gasteiger partial charge in [-0.2, -0.15) is 13.2 Å². The van der Waals surface area contributed by atoms with Crippen molar-refractivity contribution in [3.05, 3.63) is 0 Å². The molecule has 12 nitrogen and oxygen atoms in total. The molecule has 25 heteroatoms. The fraction of sp³-hybridized carbons (Fsp3) is 0.891. The monoisotopic (exact) mass is 1190 g/mol. The number of Topliss-reactive ketones (excluding diaryl/α,β-unsaturated/α-hetero) is 6. The summed E-state index contributed by atoms with van der Waals surface area (Å²) < 4.78 is 160. The molecule has 12 N–H and O–H groups in total. The van der Waals surface area contributed by atoms with Gasteiger partial charge in [0, 0.05) is 29.1 Å². The first kappa shape index (κ1) is 88.1. The van der Waals surface area contributed by atoms with Gasteiger partial charge in [0.15, 0.2) is 0 Å². The average molecular weight is 1190 g/mol. The highest BCUT2D eigenvalue weighted by Gasteiger charge is 2.48. The van der Waals surface area contributed by atoms with Crippen LogP contribution in [0.25, 0.3) is 0 Å². The van der Waals surface area contributed by atoms with Gasteiger partial charge in [-0.15, -0.1) is 0 Å². The highest BCUT2D eigenvalue weighted by atomic mass is 19.4. The van der Waals surface area contributed by atoms with Gasteiger partial charge in [0.05, 0.1) is 41.7 Å². The Morgan fingerprint density at radius 1 is 0.350 bits per heavy atom. The minimum Gasteiger partial charge on any atom is -0.322 e. The molecule has 0 aromatic rings. The largest absolute Gasteiger partial charge is 0.394 e. The van der Waals surface area contributed by atoms with Gasteiger partial charge in [0.25, 0.3) is 0 Å². The first-order chi connectivity index (χ1) is 35.5. The van der Waals surface area contributed by atoms with Crippen molar-refractivity contribution in [3.63, 3.8) is 0 Å². The van der Waals surface area contributed by atoms with Crippen LogP contribution in [0.15, 0.2) is 0 Å². The first-order valence-electron chi connectivity index (χ1n) is 26.5. The molecule has 8 atom stereocenters. The molecule has 0 aliphatic heterocycles. The molecule has 0 spiro atoms. The normalized spacial score (nSPS) is 16.0. The van der Waals surface area contributed by atoms with Gasteiger partial charge in [-0.25, -0.2) is 43.9 Å². The van der Waals surface area contributed by atoms with Crippen molar-refractivity contribution in [1.82, 2.24) is 0 Å². The molecule has 0 aliphatic rings. The van der Waals surface area contributed by atoms with Crippen LogP contribution in [0.1, 0.15) is 208 Å². The summed E-state index contributed by atoms with van der Waals surface area (Å²) in [5, 5.41) is 0. The van der Waals surface area contributed by atoms with Crippen LogP contribution in [0.2, 0.25) is 0 Å². The zero-order valence-electron chi connectivity index (χ0n) is 50.9. The summed E-state index contributed by atoms with van der Waals surface area (Å²) in [5.41, 5.74) is 26.4. The lowest BCUT2D eigenvalue weighted by molar-refractivity contribution is -0.214. The predicted molar refractivity (Wildman–Crippen MR) is 291 cm³/mol. The van der Waals surface area contributed by atoms with Crippen molar-refractivity contribution in [2.24, 2.45) is 66.9 Å². The minimum atomic E-state index is -4.32. The number of carbonyl (C=O) groups is 6. The Morgan fingerprint density at radius 2 is 0.613 bits per heavy atom. The molecule has 0 fully saturated rings. The van der Waals surface area contributed by atoms with Crippen LogP contribution in [0.3, 0.4) is 0 Å². The van der Waals surface area contributed by atoms with Crippen LogP contribution in [-0.4, -0.2) is 109 Å². The smallest absolute Gasteiger partial charge is 0.322 e. The number of alkyl halides is 13. The van der Waals surface area contributed by atoms with Gasteiger partial charge in [0.2, 0.25) is 32.1 Å². The maximum atomic E-state index is 12.7. The van der Waals surface area contributed by atoms with Crippen LogP contribution < -0.4 is 34.4 Å². The molecule has 0 saturated carbocycles. The molecule has 0 amide bonds. The molecule has 0 aliphatic carbocycles. The van der Waals surface area contributed by atoms with Gasteiger partial charge in [-0.1, -0.05) is 95.9 Å². The van der Waals surface area contributed by atoms with Crippen LogP contribution in [0, 0.1) is 32.5 Å². The SMILES string of the molecule is CC(=O)[C@@H](N)CC(C)(C)C(F)(F)F.CC(=O)[C@@H](N)CC(C)(C)C(F)F.CC(=O)[C@@H](N)CC(C)(C)CC(F)F.CC(=O)[C@@H](N)CC(C)(C)CCC(F)F.CCC[C@@](C)(C[C@H](N)C(C)=O)C(F)F.CCC[C@](C)(C[C@H](N)C(C)=O)C(F)F. The lowest BCUT2D eigenvalue weighted by Crippen LogP contribution is -2.41. The van der Waals surface area contributed by atoms with E-state index in [1.54, 1.807) is 13.8 Å². The van der Waals surface area contributed by atoms with Gasteiger partial charge >= 0.3 is 6.18 Å². The molecule has 0 aromatic heterocycles. The highest BCUT2D eigenvalue weighted by Crippen LogP contribution is 2.41. The van der Waals surface area contributed by atoms with Crippen molar-refractivity contribution < 1.29 is 85.8 Å². The van der Waals surface area contributed by atoms with Gasteiger partial charge in [-0.05, 0) is 110 Å². The van der Waals surface area contributed by atoms with Crippen LogP contribution in [0.5, 0.6) is 0 Å². The van der Waals surface area contributed by atoms with Gasteiger partial charge in [0.1, 0.15) is 34.7 Å². The standard InChI is InChI=1S/3C10H19F2NO.C9H17F2NO.C8H14F3NO.C8H15F2NO/c1-7(14)8(13)6-10(2,3)5-4-9(11)12;2*1-4-5-10(3,9(11)12)6-8(13)7(2)14;1-6(13)7(12)4-9(2,3)5-8(10)11;1-5(13)6(12)4-7(2,3)8(9,10)11;1-5(12)6(11)4-8(2,3)7(9)10/h3*8-9H,4-6,13H2,1-3H3;7-8H,4-5,12H2,1-3H3;6H,4,12H2,1-3H3;6-7H,4,11H2,1-3H3/t8-;8-,10+;8-,10-;7-;2*6-/m000000/s1. The fourth-order valence-electron chi connectivity index (χ4n) is 7.22. The van der Waals surface area contributed by atoms with Crippen LogP contribution >= 0.6 is 0 Å². The average Bonchev–Trinajstić information content (AvgIpc) is 3.25.